The zero-order chi connectivity index (χ0) is 13.3. The van der Waals surface area contributed by atoms with Gasteiger partial charge in [0.2, 0.25) is 0 Å². The van der Waals surface area contributed by atoms with Crippen LogP contribution in [0.25, 0.3) is 0 Å². The molecule has 1 aromatic rings. The smallest absolute Gasteiger partial charge is 0.129 e. The first-order valence-corrected chi connectivity index (χ1v) is 7.02. The predicted octanol–water partition coefficient (Wildman–Crippen LogP) is 3.15. The topological polar surface area (TPSA) is 32.7 Å². The van der Waals surface area contributed by atoms with E-state index in [-0.39, 0.29) is 17.5 Å². The Morgan fingerprint density at radius 3 is 2.83 bits per heavy atom. The third-order valence-corrected chi connectivity index (χ3v) is 3.69. The van der Waals surface area contributed by atoms with E-state index in [4.69, 9.17) is 4.74 Å². The Labute approximate surface area is 117 Å². The van der Waals surface area contributed by atoms with Crippen molar-refractivity contribution in [3.63, 3.8) is 0 Å². The van der Waals surface area contributed by atoms with Gasteiger partial charge in [0.05, 0.1) is 16.2 Å². The van der Waals surface area contributed by atoms with Crippen LogP contribution in [0.2, 0.25) is 0 Å². The van der Waals surface area contributed by atoms with Gasteiger partial charge in [-0.05, 0) is 54.4 Å². The van der Waals surface area contributed by atoms with Crippen LogP contribution in [0.1, 0.15) is 26.3 Å². The van der Waals surface area contributed by atoms with E-state index >= 15 is 0 Å². The number of morpholine rings is 1. The maximum atomic E-state index is 9.49. The van der Waals surface area contributed by atoms with E-state index in [0.29, 0.717) is 0 Å². The molecule has 0 bridgehead atoms. The average Bonchev–Trinajstić information content (AvgIpc) is 2.20. The third-order valence-electron chi connectivity index (χ3n) is 3.06. The molecule has 1 atom stereocenters. The van der Waals surface area contributed by atoms with E-state index in [1.54, 1.807) is 6.07 Å². The van der Waals surface area contributed by atoms with Gasteiger partial charge in [-0.25, -0.2) is 0 Å². The molecule has 1 saturated heterocycles. The first-order valence-electron chi connectivity index (χ1n) is 6.23. The molecule has 1 fully saturated rings. The number of aromatic hydroxyl groups is 1. The lowest BCUT2D eigenvalue weighted by atomic mass is 10.0. The molecule has 1 N–H and O–H groups in total. The lowest BCUT2D eigenvalue weighted by molar-refractivity contribution is -0.130. The van der Waals surface area contributed by atoms with Crippen LogP contribution in [0.4, 0.5) is 0 Å². The number of phenols is 1. The van der Waals surface area contributed by atoms with Crippen molar-refractivity contribution in [2.75, 3.05) is 13.1 Å². The van der Waals surface area contributed by atoms with Gasteiger partial charge in [-0.3, -0.25) is 4.90 Å². The Hall–Kier alpha value is -0.580. The second-order valence-corrected chi connectivity index (χ2v) is 6.50. The summed E-state index contributed by atoms with van der Waals surface area (Å²) in [5.74, 6) is 0.287. The van der Waals surface area contributed by atoms with Gasteiger partial charge in [-0.2, -0.15) is 0 Å². The van der Waals surface area contributed by atoms with Gasteiger partial charge in [0.1, 0.15) is 5.75 Å². The summed E-state index contributed by atoms with van der Waals surface area (Å²) in [4.78, 5) is 2.40. The minimum Gasteiger partial charge on any atom is -0.507 e. The highest BCUT2D eigenvalue weighted by Crippen LogP contribution is 2.26. The Balaban J connectivity index is 2.06. The highest BCUT2D eigenvalue weighted by Gasteiger charge is 2.31. The minimum atomic E-state index is -0.0915. The van der Waals surface area contributed by atoms with E-state index in [0.717, 1.165) is 24.1 Å². The van der Waals surface area contributed by atoms with Gasteiger partial charge in [0, 0.05) is 19.6 Å². The van der Waals surface area contributed by atoms with Crippen LogP contribution >= 0.6 is 15.9 Å². The summed E-state index contributed by atoms with van der Waals surface area (Å²) in [6, 6.07) is 5.67. The Bertz CT molecular complexity index is 434. The van der Waals surface area contributed by atoms with Gasteiger partial charge < -0.3 is 9.84 Å². The molecule has 0 amide bonds. The Morgan fingerprint density at radius 1 is 1.50 bits per heavy atom. The summed E-state index contributed by atoms with van der Waals surface area (Å²) >= 11 is 3.35. The van der Waals surface area contributed by atoms with Crippen molar-refractivity contribution in [3.05, 3.63) is 28.2 Å². The maximum Gasteiger partial charge on any atom is 0.129 e. The van der Waals surface area contributed by atoms with Crippen LogP contribution in [0, 0.1) is 0 Å². The lowest BCUT2D eigenvalue weighted by Gasteiger charge is -2.41. The largest absolute Gasteiger partial charge is 0.507 e. The minimum absolute atomic E-state index is 0.0915. The van der Waals surface area contributed by atoms with E-state index in [2.05, 4.69) is 41.6 Å². The standard InChI is InChI=1S/C14H20BrNO2/c1-10-7-16(9-14(2,3)18-10)8-11-4-5-13(17)12(15)6-11/h4-6,10,17H,7-9H2,1-3H3. The van der Waals surface area contributed by atoms with Crippen molar-refractivity contribution in [2.45, 2.75) is 39.0 Å². The molecule has 0 aromatic heterocycles. The van der Waals surface area contributed by atoms with Crippen LogP contribution in [-0.2, 0) is 11.3 Å². The molecule has 1 heterocycles. The van der Waals surface area contributed by atoms with Crippen molar-refractivity contribution < 1.29 is 9.84 Å². The molecule has 3 nitrogen and oxygen atoms in total. The highest BCUT2D eigenvalue weighted by molar-refractivity contribution is 9.10. The molecule has 0 radical (unpaired) electrons. The SMILES string of the molecule is CC1CN(Cc2ccc(O)c(Br)c2)CC(C)(C)O1. The van der Waals surface area contributed by atoms with Crippen LogP contribution in [0.5, 0.6) is 5.75 Å². The quantitative estimate of drug-likeness (QED) is 0.910. The fourth-order valence-electron chi connectivity index (χ4n) is 2.61. The van der Waals surface area contributed by atoms with Crippen LogP contribution < -0.4 is 0 Å². The number of ether oxygens (including phenoxy) is 1. The summed E-state index contributed by atoms with van der Waals surface area (Å²) in [5, 5.41) is 9.49. The predicted molar refractivity (Wildman–Crippen MR) is 75.7 cm³/mol. The average molecular weight is 314 g/mol. The number of benzene rings is 1. The van der Waals surface area contributed by atoms with Crippen LogP contribution in [0.3, 0.4) is 0 Å². The molecule has 0 spiro atoms. The zero-order valence-corrected chi connectivity index (χ0v) is 12.7. The van der Waals surface area contributed by atoms with E-state index in [1.165, 1.54) is 5.56 Å². The molecule has 2 rings (SSSR count). The van der Waals surface area contributed by atoms with Crippen molar-refractivity contribution in [1.82, 2.24) is 4.90 Å². The number of hydrogen-bond acceptors (Lipinski definition) is 3. The van der Waals surface area contributed by atoms with Gasteiger partial charge in [0.25, 0.3) is 0 Å². The summed E-state index contributed by atoms with van der Waals surface area (Å²) in [7, 11) is 0. The van der Waals surface area contributed by atoms with Crippen molar-refractivity contribution in [3.8, 4) is 5.75 Å². The summed E-state index contributed by atoms with van der Waals surface area (Å²) < 4.78 is 6.64. The van der Waals surface area contributed by atoms with Gasteiger partial charge in [0.15, 0.2) is 0 Å². The second-order valence-electron chi connectivity index (χ2n) is 5.64. The molecule has 1 aromatic carbocycles. The molecule has 0 aliphatic carbocycles. The molecular weight excluding hydrogens is 294 g/mol. The second kappa shape index (κ2) is 5.19. The molecule has 4 heteroatoms. The van der Waals surface area contributed by atoms with Gasteiger partial charge >= 0.3 is 0 Å². The van der Waals surface area contributed by atoms with Crippen LogP contribution in [-0.4, -0.2) is 34.8 Å². The maximum absolute atomic E-state index is 9.49. The number of nitrogens with zero attached hydrogens (tertiary/aromatic N) is 1. The van der Waals surface area contributed by atoms with E-state index < -0.39 is 0 Å². The molecule has 1 aliphatic heterocycles. The first kappa shape index (κ1) is 13.8. The van der Waals surface area contributed by atoms with Crippen molar-refractivity contribution >= 4 is 15.9 Å². The summed E-state index contributed by atoms with van der Waals surface area (Å²) in [5.41, 5.74) is 1.11. The summed E-state index contributed by atoms with van der Waals surface area (Å²) in [6.07, 6.45) is 0.259. The lowest BCUT2D eigenvalue weighted by Crippen LogP contribution is -2.51. The third kappa shape index (κ3) is 3.46. The fourth-order valence-corrected chi connectivity index (χ4v) is 3.04. The monoisotopic (exact) mass is 313 g/mol. The van der Waals surface area contributed by atoms with Gasteiger partial charge in [-0.1, -0.05) is 6.07 Å². The molecule has 1 aliphatic rings. The normalized spacial score (nSPS) is 24.1. The molecule has 100 valence electrons. The van der Waals surface area contributed by atoms with Crippen molar-refractivity contribution in [2.24, 2.45) is 0 Å². The fraction of sp³-hybridized carbons (Fsp3) is 0.571. The van der Waals surface area contributed by atoms with Gasteiger partial charge in [-0.15, -0.1) is 0 Å². The molecule has 18 heavy (non-hydrogen) atoms. The van der Waals surface area contributed by atoms with E-state index in [9.17, 15) is 5.11 Å². The van der Waals surface area contributed by atoms with Crippen molar-refractivity contribution in [1.29, 1.82) is 0 Å². The number of halogens is 1. The highest BCUT2D eigenvalue weighted by atomic mass is 79.9. The molecule has 0 saturated carbocycles. The Kier molecular flexibility index (Phi) is 3.99. The number of phenolic OH excluding ortho intramolecular Hbond substituents is 1. The van der Waals surface area contributed by atoms with Crippen LogP contribution in [0.15, 0.2) is 22.7 Å². The summed E-state index contributed by atoms with van der Waals surface area (Å²) in [6.45, 7) is 9.12. The number of hydrogen-bond donors (Lipinski definition) is 1. The first-order chi connectivity index (χ1) is 8.35. The van der Waals surface area contributed by atoms with E-state index in [1.807, 2.05) is 12.1 Å². The molecule has 1 unspecified atom stereocenters. The number of rotatable bonds is 2. The Morgan fingerprint density at radius 2 is 2.22 bits per heavy atom. The molecular formula is C14H20BrNO2. The zero-order valence-electron chi connectivity index (χ0n) is 11.1.